The van der Waals surface area contributed by atoms with Gasteiger partial charge >= 0.3 is 6.03 Å². The van der Waals surface area contributed by atoms with Gasteiger partial charge in [0.2, 0.25) is 0 Å². The summed E-state index contributed by atoms with van der Waals surface area (Å²) in [5.41, 5.74) is 2.29. The largest absolute Gasteiger partial charge is 0.323 e. The maximum Gasteiger partial charge on any atom is 0.321 e. The molecule has 9 heteroatoms. The normalized spacial score (nSPS) is 10.0. The molecule has 0 saturated carbocycles. The summed E-state index contributed by atoms with van der Waals surface area (Å²) in [5, 5.41) is 14.8. The van der Waals surface area contributed by atoms with E-state index in [-0.39, 0.29) is 18.1 Å². The number of nitriles is 1. The van der Waals surface area contributed by atoms with Crippen LogP contribution in [0.15, 0.2) is 61.2 Å². The molecule has 150 valence electrons. The van der Waals surface area contributed by atoms with Crippen molar-refractivity contribution in [1.29, 1.82) is 5.26 Å². The lowest BCUT2D eigenvalue weighted by molar-refractivity contribution is 0.102. The van der Waals surface area contributed by atoms with Gasteiger partial charge in [0.25, 0.3) is 5.91 Å². The summed E-state index contributed by atoms with van der Waals surface area (Å²) in [6.07, 6.45) is 4.12. The Bertz CT molecular complexity index is 1110. The van der Waals surface area contributed by atoms with E-state index in [1.54, 1.807) is 49.5 Å². The number of rotatable bonds is 5. The van der Waals surface area contributed by atoms with Crippen molar-refractivity contribution in [3.05, 3.63) is 82.9 Å². The number of benzene rings is 2. The minimum atomic E-state index is -0.412. The molecule has 2 N–H and O–H groups in total. The van der Waals surface area contributed by atoms with Gasteiger partial charge in [0.15, 0.2) is 0 Å². The topological polar surface area (TPSA) is 111 Å². The van der Waals surface area contributed by atoms with E-state index in [1.165, 1.54) is 23.6 Å². The lowest BCUT2D eigenvalue weighted by Crippen LogP contribution is -2.31. The summed E-state index contributed by atoms with van der Waals surface area (Å²) in [6.45, 7) is 0.186. The van der Waals surface area contributed by atoms with Crippen LogP contribution in [-0.4, -0.2) is 33.9 Å². The average Bonchev–Trinajstić information content (AvgIpc) is 2.76. The zero-order valence-electron chi connectivity index (χ0n) is 16.0. The first-order valence-corrected chi connectivity index (χ1v) is 9.21. The second-order valence-corrected chi connectivity index (χ2v) is 6.74. The van der Waals surface area contributed by atoms with Gasteiger partial charge in [-0.3, -0.25) is 4.79 Å². The quantitative estimate of drug-likeness (QED) is 0.649. The highest BCUT2D eigenvalue weighted by molar-refractivity contribution is 6.34. The third kappa shape index (κ3) is 5.10. The lowest BCUT2D eigenvalue weighted by atomic mass is 10.1. The van der Waals surface area contributed by atoms with Gasteiger partial charge in [-0.2, -0.15) is 5.26 Å². The second kappa shape index (κ2) is 9.49. The van der Waals surface area contributed by atoms with E-state index in [0.29, 0.717) is 27.5 Å². The Hall–Kier alpha value is -3.96. The molecule has 3 rings (SSSR count). The van der Waals surface area contributed by atoms with Crippen molar-refractivity contribution in [3.63, 3.8) is 0 Å². The molecule has 0 unspecified atom stereocenters. The number of hydrogen-bond donors (Lipinski definition) is 2. The minimum Gasteiger partial charge on any atom is -0.323 e. The van der Waals surface area contributed by atoms with E-state index < -0.39 is 5.91 Å². The van der Waals surface area contributed by atoms with Crippen LogP contribution in [0.25, 0.3) is 0 Å². The molecule has 0 saturated heterocycles. The van der Waals surface area contributed by atoms with Crippen LogP contribution >= 0.6 is 11.6 Å². The fourth-order valence-corrected chi connectivity index (χ4v) is 2.90. The summed E-state index contributed by atoms with van der Waals surface area (Å²) >= 11 is 6.29. The first-order valence-electron chi connectivity index (χ1n) is 8.84. The predicted octanol–water partition coefficient (Wildman–Crippen LogP) is 3.92. The third-order valence-corrected chi connectivity index (χ3v) is 4.47. The van der Waals surface area contributed by atoms with Crippen LogP contribution in [0.1, 0.15) is 21.5 Å². The Morgan fingerprint density at radius 2 is 1.87 bits per heavy atom. The van der Waals surface area contributed by atoms with Crippen molar-refractivity contribution in [3.8, 4) is 6.07 Å². The van der Waals surface area contributed by atoms with Crippen molar-refractivity contribution < 1.29 is 9.59 Å². The molecule has 0 atom stereocenters. The molecule has 1 heterocycles. The molecule has 0 aliphatic carbocycles. The van der Waals surface area contributed by atoms with Gasteiger partial charge in [-0.15, -0.1) is 0 Å². The Labute approximate surface area is 178 Å². The number of carbonyl (C=O) groups excluding carboxylic acids is 2. The molecule has 0 fully saturated rings. The Morgan fingerprint density at radius 3 is 2.60 bits per heavy atom. The predicted molar refractivity (Wildman–Crippen MR) is 113 cm³/mol. The van der Waals surface area contributed by atoms with E-state index in [0.717, 1.165) is 0 Å². The molecule has 3 amide bonds. The molecular weight excluding hydrogens is 404 g/mol. The van der Waals surface area contributed by atoms with Crippen molar-refractivity contribution >= 4 is 34.9 Å². The van der Waals surface area contributed by atoms with Crippen molar-refractivity contribution in [2.24, 2.45) is 0 Å². The first kappa shape index (κ1) is 20.8. The summed E-state index contributed by atoms with van der Waals surface area (Å²) < 4.78 is 0. The highest BCUT2D eigenvalue weighted by Gasteiger charge is 2.16. The molecule has 0 spiro atoms. The van der Waals surface area contributed by atoms with Crippen molar-refractivity contribution in [2.75, 3.05) is 17.7 Å². The summed E-state index contributed by atoms with van der Waals surface area (Å²) in [5.74, 6) is -0.412. The minimum absolute atomic E-state index is 0.186. The van der Waals surface area contributed by atoms with Gasteiger partial charge in [-0.1, -0.05) is 29.8 Å². The molecule has 0 aliphatic rings. The molecule has 0 bridgehead atoms. The van der Waals surface area contributed by atoms with Gasteiger partial charge in [-0.05, 0) is 29.8 Å². The van der Waals surface area contributed by atoms with Crippen LogP contribution in [-0.2, 0) is 6.54 Å². The number of nitrogens with one attached hydrogen (secondary N) is 2. The Kier molecular flexibility index (Phi) is 6.57. The van der Waals surface area contributed by atoms with E-state index >= 15 is 0 Å². The third-order valence-electron chi connectivity index (χ3n) is 4.16. The number of urea groups is 1. The summed E-state index contributed by atoms with van der Waals surface area (Å²) in [6, 6.07) is 13.4. The van der Waals surface area contributed by atoms with Crippen LogP contribution in [0.3, 0.4) is 0 Å². The van der Waals surface area contributed by atoms with Crippen LogP contribution in [0.2, 0.25) is 5.02 Å². The fraction of sp³-hybridized carbons (Fsp3) is 0.0952. The summed E-state index contributed by atoms with van der Waals surface area (Å²) in [4.78, 5) is 34.1. The van der Waals surface area contributed by atoms with Gasteiger partial charge in [0, 0.05) is 31.7 Å². The number of anilines is 2. The number of nitrogens with zero attached hydrogens (tertiary/aromatic N) is 4. The second-order valence-electron chi connectivity index (χ2n) is 6.33. The monoisotopic (exact) mass is 420 g/mol. The van der Waals surface area contributed by atoms with Crippen LogP contribution < -0.4 is 10.6 Å². The molecule has 8 nitrogen and oxygen atoms in total. The van der Waals surface area contributed by atoms with E-state index in [9.17, 15) is 9.59 Å². The number of amides is 3. The number of halogens is 1. The zero-order valence-corrected chi connectivity index (χ0v) is 16.7. The Balaban J connectivity index is 1.74. The lowest BCUT2D eigenvalue weighted by Gasteiger charge is -2.21. The maximum absolute atomic E-state index is 12.6. The van der Waals surface area contributed by atoms with Crippen molar-refractivity contribution in [1.82, 2.24) is 14.9 Å². The Morgan fingerprint density at radius 1 is 1.13 bits per heavy atom. The standard InChI is InChI=1S/C21H17ClN6O2/c1-28(21(30)26-17-6-2-4-14(8-17)9-23)12-15-5-3-7-18(22)19(15)27-20(29)16-10-24-13-25-11-16/h2-8,10-11,13H,12H2,1H3,(H,26,30)(H,27,29). The highest BCUT2D eigenvalue weighted by atomic mass is 35.5. The van der Waals surface area contributed by atoms with Crippen LogP contribution in [0.4, 0.5) is 16.2 Å². The molecule has 1 aromatic heterocycles. The molecule has 0 aliphatic heterocycles. The van der Waals surface area contributed by atoms with Crippen molar-refractivity contribution in [2.45, 2.75) is 6.54 Å². The van der Waals surface area contributed by atoms with Gasteiger partial charge in [0.05, 0.1) is 27.9 Å². The highest BCUT2D eigenvalue weighted by Crippen LogP contribution is 2.27. The molecule has 2 aromatic carbocycles. The van der Waals surface area contributed by atoms with E-state index in [1.807, 2.05) is 6.07 Å². The number of aromatic nitrogens is 2. The molecule has 30 heavy (non-hydrogen) atoms. The van der Waals surface area contributed by atoms with E-state index in [2.05, 4.69) is 20.6 Å². The molecule has 0 radical (unpaired) electrons. The van der Waals surface area contributed by atoms with Gasteiger partial charge < -0.3 is 15.5 Å². The smallest absolute Gasteiger partial charge is 0.321 e. The van der Waals surface area contributed by atoms with Crippen LogP contribution in [0, 0.1) is 11.3 Å². The van der Waals surface area contributed by atoms with Gasteiger partial charge in [0.1, 0.15) is 6.33 Å². The number of carbonyl (C=O) groups is 2. The number of hydrogen-bond acceptors (Lipinski definition) is 5. The van der Waals surface area contributed by atoms with Crippen LogP contribution in [0.5, 0.6) is 0 Å². The zero-order chi connectivity index (χ0) is 21.5. The number of para-hydroxylation sites is 1. The first-order chi connectivity index (χ1) is 14.5. The fourth-order valence-electron chi connectivity index (χ4n) is 2.66. The molecule has 3 aromatic rings. The summed E-state index contributed by atoms with van der Waals surface area (Å²) in [7, 11) is 1.61. The SMILES string of the molecule is CN(Cc1cccc(Cl)c1NC(=O)c1cncnc1)C(=O)Nc1cccc(C#N)c1. The maximum atomic E-state index is 12.6. The average molecular weight is 421 g/mol. The molecular formula is C21H17ClN6O2. The van der Waals surface area contributed by atoms with Gasteiger partial charge in [-0.25, -0.2) is 14.8 Å². The van der Waals surface area contributed by atoms with E-state index in [4.69, 9.17) is 16.9 Å².